The van der Waals surface area contributed by atoms with Gasteiger partial charge in [0.25, 0.3) is 5.91 Å². The Kier molecular flexibility index (Phi) is 8.80. The van der Waals surface area contributed by atoms with Crippen LogP contribution in [0.1, 0.15) is 24.2 Å². The number of amides is 1. The quantitative estimate of drug-likeness (QED) is 0.775. The Morgan fingerprint density at radius 1 is 1.37 bits per heavy atom. The topological polar surface area (TPSA) is 50.4 Å². The van der Waals surface area contributed by atoms with Crippen LogP contribution in [0.3, 0.4) is 0 Å². The van der Waals surface area contributed by atoms with Crippen molar-refractivity contribution in [1.29, 1.82) is 0 Å². The van der Waals surface area contributed by atoms with Crippen molar-refractivity contribution in [1.82, 2.24) is 10.6 Å². The van der Waals surface area contributed by atoms with E-state index >= 15 is 0 Å². The molecule has 1 aromatic rings. The molecule has 0 saturated heterocycles. The molecule has 2 N–H and O–H groups in total. The van der Waals surface area contributed by atoms with Gasteiger partial charge in [0.2, 0.25) is 0 Å². The third kappa shape index (κ3) is 6.27. The zero-order valence-corrected chi connectivity index (χ0v) is 13.7. The maximum Gasteiger partial charge on any atom is 0.255 e. The number of likely N-dealkylation sites (N-methyl/N-ethyl adjacent to an activating group) is 1. The average Bonchev–Trinajstić information content (AvgIpc) is 2.28. The molecular weight excluding hydrogens is 332 g/mol. The highest BCUT2D eigenvalue weighted by Crippen LogP contribution is 2.24. The van der Waals surface area contributed by atoms with Gasteiger partial charge in [-0.2, -0.15) is 0 Å². The van der Waals surface area contributed by atoms with Crippen molar-refractivity contribution < 1.29 is 9.53 Å². The molecule has 0 heterocycles. The monoisotopic (exact) mass is 350 g/mol. The first kappa shape index (κ1) is 18.2. The molecule has 0 atom stereocenters. The molecule has 108 valence electrons. The van der Waals surface area contributed by atoms with E-state index in [-0.39, 0.29) is 24.4 Å². The van der Waals surface area contributed by atoms with E-state index < -0.39 is 0 Å². The Bertz CT molecular complexity index is 414. The first-order chi connectivity index (χ1) is 8.54. The third-order valence-corrected chi connectivity index (χ3v) is 2.70. The number of hydrogen-bond donors (Lipinski definition) is 2. The van der Waals surface area contributed by atoms with Crippen molar-refractivity contribution in [3.63, 3.8) is 0 Å². The zero-order chi connectivity index (χ0) is 13.5. The molecule has 1 aromatic carbocycles. The molecule has 0 aliphatic rings. The summed E-state index contributed by atoms with van der Waals surface area (Å²) in [5, 5.41) is 5.81. The molecule has 0 spiro atoms. The highest BCUT2D eigenvalue weighted by molar-refractivity contribution is 9.10. The van der Waals surface area contributed by atoms with E-state index in [0.717, 1.165) is 11.0 Å². The molecule has 0 aliphatic heterocycles. The molecule has 6 heteroatoms. The predicted octanol–water partition coefficient (Wildman–Crippen LogP) is 2.61. The summed E-state index contributed by atoms with van der Waals surface area (Å²) in [4.78, 5) is 12.0. The first-order valence-electron chi connectivity index (χ1n) is 5.93. The molecule has 0 radical (unpaired) electrons. The maximum absolute atomic E-state index is 12.0. The van der Waals surface area contributed by atoms with Crippen LogP contribution in [-0.4, -0.2) is 32.1 Å². The van der Waals surface area contributed by atoms with Crippen molar-refractivity contribution in [3.05, 3.63) is 28.2 Å². The third-order valence-electron chi connectivity index (χ3n) is 2.21. The second kappa shape index (κ2) is 9.18. The lowest BCUT2D eigenvalue weighted by Gasteiger charge is -2.14. The van der Waals surface area contributed by atoms with Crippen LogP contribution < -0.4 is 15.4 Å². The number of rotatable bonds is 6. The van der Waals surface area contributed by atoms with Gasteiger partial charge in [-0.05, 0) is 39.1 Å². The summed E-state index contributed by atoms with van der Waals surface area (Å²) in [6.07, 6.45) is 0.0307. The molecule has 1 amide bonds. The van der Waals surface area contributed by atoms with Gasteiger partial charge < -0.3 is 15.4 Å². The van der Waals surface area contributed by atoms with Crippen LogP contribution in [0, 0.1) is 0 Å². The smallest absolute Gasteiger partial charge is 0.255 e. The van der Waals surface area contributed by atoms with E-state index in [2.05, 4.69) is 26.6 Å². The van der Waals surface area contributed by atoms with Gasteiger partial charge >= 0.3 is 0 Å². The van der Waals surface area contributed by atoms with Crippen molar-refractivity contribution in [3.8, 4) is 5.75 Å². The highest BCUT2D eigenvalue weighted by Gasteiger charge is 2.13. The van der Waals surface area contributed by atoms with Gasteiger partial charge in [0.1, 0.15) is 5.75 Å². The van der Waals surface area contributed by atoms with Crippen LogP contribution >= 0.6 is 28.3 Å². The molecule has 0 unspecified atom stereocenters. The highest BCUT2D eigenvalue weighted by atomic mass is 79.9. The van der Waals surface area contributed by atoms with Crippen molar-refractivity contribution in [2.24, 2.45) is 0 Å². The van der Waals surface area contributed by atoms with Crippen LogP contribution in [0.2, 0.25) is 0 Å². The van der Waals surface area contributed by atoms with Gasteiger partial charge in [-0.15, -0.1) is 12.4 Å². The van der Waals surface area contributed by atoms with Gasteiger partial charge in [-0.3, -0.25) is 4.79 Å². The normalized spacial score (nSPS) is 9.95. The first-order valence-corrected chi connectivity index (χ1v) is 6.73. The molecule has 0 aliphatic carbocycles. The second-order valence-electron chi connectivity index (χ2n) is 4.17. The van der Waals surface area contributed by atoms with E-state index in [1.807, 2.05) is 33.0 Å². The molecule has 0 fully saturated rings. The van der Waals surface area contributed by atoms with Gasteiger partial charge in [-0.25, -0.2) is 0 Å². The van der Waals surface area contributed by atoms with Gasteiger partial charge in [0.05, 0.1) is 11.7 Å². The van der Waals surface area contributed by atoms with E-state index in [4.69, 9.17) is 4.74 Å². The Morgan fingerprint density at radius 3 is 2.63 bits per heavy atom. The Morgan fingerprint density at radius 2 is 2.05 bits per heavy atom. The van der Waals surface area contributed by atoms with Crippen LogP contribution in [0.25, 0.3) is 0 Å². The van der Waals surface area contributed by atoms with E-state index in [9.17, 15) is 4.79 Å². The number of carbonyl (C=O) groups excluding carboxylic acids is 1. The lowest BCUT2D eigenvalue weighted by molar-refractivity contribution is 0.0948. The zero-order valence-electron chi connectivity index (χ0n) is 11.3. The van der Waals surface area contributed by atoms with Crippen LogP contribution in [0.15, 0.2) is 22.7 Å². The molecule has 1 rings (SSSR count). The number of benzene rings is 1. The summed E-state index contributed by atoms with van der Waals surface area (Å²) in [5.74, 6) is 0.481. The Balaban J connectivity index is 0.00000324. The number of hydrogen-bond acceptors (Lipinski definition) is 3. The van der Waals surface area contributed by atoms with Crippen LogP contribution in [-0.2, 0) is 0 Å². The van der Waals surface area contributed by atoms with Crippen LogP contribution in [0.4, 0.5) is 0 Å². The number of ether oxygens (including phenoxy) is 1. The minimum absolute atomic E-state index is 0. The fourth-order valence-corrected chi connectivity index (χ4v) is 1.77. The van der Waals surface area contributed by atoms with Gasteiger partial charge in [0.15, 0.2) is 0 Å². The summed E-state index contributed by atoms with van der Waals surface area (Å²) < 4.78 is 6.54. The fraction of sp³-hybridized carbons (Fsp3) is 0.462. The average molecular weight is 352 g/mol. The Hall–Kier alpha value is -0.780. The predicted molar refractivity (Wildman–Crippen MR) is 83.4 cm³/mol. The summed E-state index contributed by atoms with van der Waals surface area (Å²) in [6, 6.07) is 5.41. The molecule has 0 aromatic heterocycles. The second-order valence-corrected chi connectivity index (χ2v) is 5.08. The lowest BCUT2D eigenvalue weighted by Crippen LogP contribution is -2.30. The van der Waals surface area contributed by atoms with Crippen molar-refractivity contribution in [2.45, 2.75) is 20.0 Å². The van der Waals surface area contributed by atoms with Crippen molar-refractivity contribution >= 4 is 34.2 Å². The van der Waals surface area contributed by atoms with E-state index in [1.165, 1.54) is 0 Å². The van der Waals surface area contributed by atoms with E-state index in [0.29, 0.717) is 17.9 Å². The molecule has 0 saturated carbocycles. The number of nitrogens with one attached hydrogen (secondary N) is 2. The summed E-state index contributed by atoms with van der Waals surface area (Å²) in [6.45, 7) is 5.20. The largest absolute Gasteiger partial charge is 0.490 e. The van der Waals surface area contributed by atoms with Crippen LogP contribution in [0.5, 0.6) is 5.75 Å². The van der Waals surface area contributed by atoms with Gasteiger partial charge in [-0.1, -0.05) is 15.9 Å². The lowest BCUT2D eigenvalue weighted by atomic mass is 10.2. The number of carbonyl (C=O) groups is 1. The molecule has 0 bridgehead atoms. The molecule has 4 nitrogen and oxygen atoms in total. The Labute approximate surface area is 128 Å². The molecular formula is C13H20BrClN2O2. The van der Waals surface area contributed by atoms with Crippen molar-refractivity contribution in [2.75, 3.05) is 20.1 Å². The molecule has 19 heavy (non-hydrogen) atoms. The fourth-order valence-electron chi connectivity index (χ4n) is 1.43. The summed E-state index contributed by atoms with van der Waals surface area (Å²) in [5.41, 5.74) is 0.558. The summed E-state index contributed by atoms with van der Waals surface area (Å²) in [7, 11) is 1.85. The SMILES string of the molecule is CNCCNC(=O)c1ccc(Br)cc1OC(C)C.Cl. The minimum Gasteiger partial charge on any atom is -0.490 e. The standard InChI is InChI=1S/C13H19BrN2O2.ClH/c1-9(2)18-12-8-10(14)4-5-11(12)13(17)16-7-6-15-3;/h4-5,8-9,15H,6-7H2,1-3H3,(H,16,17);1H. The maximum atomic E-state index is 12.0. The minimum atomic E-state index is -0.117. The number of halogens is 2. The summed E-state index contributed by atoms with van der Waals surface area (Å²) >= 11 is 3.38. The van der Waals surface area contributed by atoms with Gasteiger partial charge in [0, 0.05) is 17.6 Å². The van der Waals surface area contributed by atoms with E-state index in [1.54, 1.807) is 6.07 Å².